The molecule has 0 saturated carbocycles. The Morgan fingerprint density at radius 3 is 2.59 bits per heavy atom. The number of nitrogens with zero attached hydrogens (tertiary/aromatic N) is 2. The first kappa shape index (κ1) is 12.2. The van der Waals surface area contributed by atoms with Crippen molar-refractivity contribution in [3.63, 3.8) is 0 Å². The molecule has 17 heavy (non-hydrogen) atoms. The van der Waals surface area contributed by atoms with E-state index in [0.29, 0.717) is 0 Å². The van der Waals surface area contributed by atoms with E-state index in [1.54, 1.807) is 6.20 Å². The lowest BCUT2D eigenvalue weighted by Crippen LogP contribution is -2.30. The number of benzene rings is 1. The lowest BCUT2D eigenvalue weighted by atomic mass is 10.0. The van der Waals surface area contributed by atoms with E-state index < -0.39 is 0 Å². The second kappa shape index (κ2) is 5.86. The van der Waals surface area contributed by atoms with E-state index in [2.05, 4.69) is 43.5 Å². The number of hydrogen-bond acceptors (Lipinski definition) is 4. The Labute approximate surface area is 108 Å². The van der Waals surface area contributed by atoms with E-state index >= 15 is 0 Å². The smallest absolute Gasteiger partial charge is 0.115 e. The highest BCUT2D eigenvalue weighted by atomic mass is 79.9. The van der Waals surface area contributed by atoms with Gasteiger partial charge < -0.3 is 0 Å². The van der Waals surface area contributed by atoms with Crippen molar-refractivity contribution in [2.45, 2.75) is 12.5 Å². The molecule has 1 aromatic heterocycles. The fraction of sp³-hybridized carbons (Fsp3) is 0.167. The summed E-state index contributed by atoms with van der Waals surface area (Å²) in [5, 5.41) is 0. The predicted octanol–water partition coefficient (Wildman–Crippen LogP) is 1.99. The maximum atomic E-state index is 5.56. The third-order valence-corrected chi connectivity index (χ3v) is 3.04. The number of halogens is 1. The molecule has 2 aromatic rings. The Kier molecular flexibility index (Phi) is 4.19. The van der Waals surface area contributed by atoms with Crippen LogP contribution >= 0.6 is 15.9 Å². The van der Waals surface area contributed by atoms with Crippen molar-refractivity contribution in [3.8, 4) is 0 Å². The molecule has 1 atom stereocenters. The Morgan fingerprint density at radius 1 is 1.24 bits per heavy atom. The van der Waals surface area contributed by atoms with Gasteiger partial charge in [0.15, 0.2) is 0 Å². The Bertz CT molecular complexity index is 458. The van der Waals surface area contributed by atoms with Crippen LogP contribution in [-0.2, 0) is 6.42 Å². The van der Waals surface area contributed by atoms with Crippen LogP contribution in [0.25, 0.3) is 0 Å². The van der Waals surface area contributed by atoms with Crippen LogP contribution in [0.5, 0.6) is 0 Å². The van der Waals surface area contributed by atoms with Gasteiger partial charge in [-0.25, -0.2) is 9.97 Å². The largest absolute Gasteiger partial charge is 0.271 e. The molecule has 0 fully saturated rings. The van der Waals surface area contributed by atoms with Crippen molar-refractivity contribution < 1.29 is 0 Å². The fourth-order valence-corrected chi connectivity index (χ4v) is 1.88. The summed E-state index contributed by atoms with van der Waals surface area (Å²) >= 11 is 3.41. The molecule has 0 aliphatic rings. The van der Waals surface area contributed by atoms with Crippen molar-refractivity contribution >= 4 is 15.9 Å². The summed E-state index contributed by atoms with van der Waals surface area (Å²) in [6.45, 7) is 0. The first-order chi connectivity index (χ1) is 8.29. The SMILES string of the molecule is NNC(Cc1ccc(Br)cc1)c1ccncn1. The van der Waals surface area contributed by atoms with Crippen LogP contribution in [0.3, 0.4) is 0 Å². The molecule has 1 unspecified atom stereocenters. The number of nitrogens with one attached hydrogen (secondary N) is 1. The van der Waals surface area contributed by atoms with E-state index in [9.17, 15) is 0 Å². The van der Waals surface area contributed by atoms with E-state index in [1.165, 1.54) is 11.9 Å². The highest BCUT2D eigenvalue weighted by molar-refractivity contribution is 9.10. The van der Waals surface area contributed by atoms with Gasteiger partial charge in [-0.1, -0.05) is 28.1 Å². The quantitative estimate of drug-likeness (QED) is 0.668. The van der Waals surface area contributed by atoms with Crippen LogP contribution in [0, 0.1) is 0 Å². The average molecular weight is 293 g/mol. The zero-order valence-electron chi connectivity index (χ0n) is 9.18. The van der Waals surface area contributed by atoms with Crippen LogP contribution in [0.2, 0.25) is 0 Å². The third-order valence-electron chi connectivity index (χ3n) is 2.52. The van der Waals surface area contributed by atoms with Gasteiger partial charge in [0.05, 0.1) is 11.7 Å². The van der Waals surface area contributed by atoms with Crippen molar-refractivity contribution in [1.82, 2.24) is 15.4 Å². The van der Waals surface area contributed by atoms with Crippen molar-refractivity contribution in [2.75, 3.05) is 0 Å². The van der Waals surface area contributed by atoms with Gasteiger partial charge in [-0.3, -0.25) is 11.3 Å². The first-order valence-corrected chi connectivity index (χ1v) is 6.05. The second-order valence-electron chi connectivity index (χ2n) is 3.68. The molecular formula is C12H13BrN4. The second-order valence-corrected chi connectivity index (χ2v) is 4.60. The summed E-state index contributed by atoms with van der Waals surface area (Å²) in [5.74, 6) is 5.56. The molecule has 0 radical (unpaired) electrons. The fourth-order valence-electron chi connectivity index (χ4n) is 1.61. The minimum Gasteiger partial charge on any atom is -0.271 e. The molecule has 0 saturated heterocycles. The Balaban J connectivity index is 2.13. The Morgan fingerprint density at radius 2 is 2.00 bits per heavy atom. The van der Waals surface area contributed by atoms with E-state index in [0.717, 1.165) is 16.6 Å². The predicted molar refractivity (Wildman–Crippen MR) is 69.9 cm³/mol. The molecule has 0 aliphatic carbocycles. The molecule has 1 heterocycles. The van der Waals surface area contributed by atoms with Gasteiger partial charge in [-0.2, -0.15) is 0 Å². The first-order valence-electron chi connectivity index (χ1n) is 5.26. The third kappa shape index (κ3) is 3.33. The monoisotopic (exact) mass is 292 g/mol. The summed E-state index contributed by atoms with van der Waals surface area (Å²) in [5.41, 5.74) is 4.88. The minimum absolute atomic E-state index is 0.000763. The molecule has 1 aromatic carbocycles. The van der Waals surface area contributed by atoms with E-state index in [4.69, 9.17) is 5.84 Å². The van der Waals surface area contributed by atoms with Crippen LogP contribution < -0.4 is 11.3 Å². The molecule has 0 bridgehead atoms. The standard InChI is InChI=1S/C12H13BrN4/c13-10-3-1-9(2-4-10)7-12(17-14)11-5-6-15-8-16-11/h1-6,8,12,17H,7,14H2. The summed E-state index contributed by atoms with van der Waals surface area (Å²) in [7, 11) is 0. The van der Waals surface area contributed by atoms with Crippen LogP contribution in [0.4, 0.5) is 0 Å². The molecule has 3 N–H and O–H groups in total. The zero-order chi connectivity index (χ0) is 12.1. The van der Waals surface area contributed by atoms with Gasteiger partial charge in [0, 0.05) is 10.7 Å². The normalized spacial score (nSPS) is 12.4. The number of aromatic nitrogens is 2. The van der Waals surface area contributed by atoms with Crippen molar-refractivity contribution in [1.29, 1.82) is 0 Å². The lowest BCUT2D eigenvalue weighted by Gasteiger charge is -2.14. The highest BCUT2D eigenvalue weighted by Crippen LogP contribution is 2.17. The molecule has 0 amide bonds. The van der Waals surface area contributed by atoms with Gasteiger partial charge in [-0.15, -0.1) is 0 Å². The molecule has 2 rings (SSSR count). The number of nitrogens with two attached hydrogens (primary N) is 1. The minimum atomic E-state index is -0.000763. The summed E-state index contributed by atoms with van der Waals surface area (Å²) in [4.78, 5) is 8.10. The highest BCUT2D eigenvalue weighted by Gasteiger charge is 2.11. The molecule has 4 nitrogen and oxygen atoms in total. The van der Waals surface area contributed by atoms with Crippen LogP contribution in [0.15, 0.2) is 47.3 Å². The zero-order valence-corrected chi connectivity index (χ0v) is 10.8. The summed E-state index contributed by atoms with van der Waals surface area (Å²) in [6.07, 6.45) is 4.04. The van der Waals surface area contributed by atoms with Gasteiger partial charge in [0.1, 0.15) is 6.33 Å². The van der Waals surface area contributed by atoms with E-state index in [-0.39, 0.29) is 6.04 Å². The number of rotatable bonds is 4. The van der Waals surface area contributed by atoms with Gasteiger partial charge in [0.2, 0.25) is 0 Å². The van der Waals surface area contributed by atoms with Gasteiger partial charge in [0.25, 0.3) is 0 Å². The van der Waals surface area contributed by atoms with Crippen molar-refractivity contribution in [3.05, 3.63) is 58.6 Å². The van der Waals surface area contributed by atoms with Gasteiger partial charge in [-0.05, 0) is 30.2 Å². The van der Waals surface area contributed by atoms with Crippen molar-refractivity contribution in [2.24, 2.45) is 5.84 Å². The maximum absolute atomic E-state index is 5.56. The molecular weight excluding hydrogens is 280 g/mol. The topological polar surface area (TPSA) is 63.8 Å². The average Bonchev–Trinajstić information content (AvgIpc) is 2.39. The molecule has 88 valence electrons. The Hall–Kier alpha value is -1.30. The number of hydrogen-bond donors (Lipinski definition) is 2. The molecule has 0 spiro atoms. The lowest BCUT2D eigenvalue weighted by molar-refractivity contribution is 0.537. The molecule has 0 aliphatic heterocycles. The van der Waals surface area contributed by atoms with Gasteiger partial charge >= 0.3 is 0 Å². The van der Waals surface area contributed by atoms with E-state index in [1.807, 2.05) is 18.2 Å². The van der Waals surface area contributed by atoms with Crippen LogP contribution in [-0.4, -0.2) is 9.97 Å². The summed E-state index contributed by atoms with van der Waals surface area (Å²) in [6, 6.07) is 10.0. The summed E-state index contributed by atoms with van der Waals surface area (Å²) < 4.78 is 1.07. The van der Waals surface area contributed by atoms with Crippen LogP contribution in [0.1, 0.15) is 17.3 Å². The molecule has 5 heteroatoms. The maximum Gasteiger partial charge on any atom is 0.115 e. The number of hydrazine groups is 1.